The van der Waals surface area contributed by atoms with Gasteiger partial charge >= 0.3 is 0 Å². The van der Waals surface area contributed by atoms with Crippen molar-refractivity contribution in [1.29, 1.82) is 0 Å². The lowest BCUT2D eigenvalue weighted by Crippen LogP contribution is -2.46. The number of hydrogen-bond acceptors (Lipinski definition) is 3. The zero-order valence-corrected chi connectivity index (χ0v) is 16.0. The minimum absolute atomic E-state index is 0.0759. The average Bonchev–Trinajstić information content (AvgIpc) is 3.39. The number of piperidine rings is 1. The van der Waals surface area contributed by atoms with Gasteiger partial charge in [0.15, 0.2) is 0 Å². The van der Waals surface area contributed by atoms with Gasteiger partial charge in [0.25, 0.3) is 0 Å². The van der Waals surface area contributed by atoms with Gasteiger partial charge in [-0.25, -0.2) is 0 Å². The fourth-order valence-corrected chi connectivity index (χ4v) is 5.69. The van der Waals surface area contributed by atoms with Gasteiger partial charge in [0.05, 0.1) is 11.8 Å². The Labute approximate surface area is 165 Å². The molecule has 2 heterocycles. The molecule has 5 nitrogen and oxygen atoms in total. The molecule has 3 amide bonds. The molecule has 28 heavy (non-hydrogen) atoms. The fraction of sp³-hybridized carbons (Fsp3) is 0.522. The summed E-state index contributed by atoms with van der Waals surface area (Å²) in [7, 11) is 0. The van der Waals surface area contributed by atoms with E-state index in [-0.39, 0.29) is 47.9 Å². The van der Waals surface area contributed by atoms with E-state index in [0.717, 1.165) is 25.7 Å². The summed E-state index contributed by atoms with van der Waals surface area (Å²) < 4.78 is 0. The van der Waals surface area contributed by atoms with Crippen LogP contribution in [0.15, 0.2) is 42.5 Å². The molecule has 4 aliphatic rings. The summed E-state index contributed by atoms with van der Waals surface area (Å²) in [5, 5.41) is 0. The standard InChI is InChI=1S/C23H26N2O3/c26-19(24-10-8-16(9-11-24)12-15-4-2-1-3-5-15)14-25-22(27)20-17-6-7-18(13-17)21(20)23(25)28/h1-7,16-18,20-21H,8-14H2. The summed E-state index contributed by atoms with van der Waals surface area (Å²) in [6.07, 6.45) is 8.08. The third kappa shape index (κ3) is 2.88. The Morgan fingerprint density at radius 1 is 0.929 bits per heavy atom. The molecular weight excluding hydrogens is 352 g/mol. The first-order valence-corrected chi connectivity index (χ1v) is 10.5. The van der Waals surface area contributed by atoms with Crippen LogP contribution in [-0.4, -0.2) is 47.2 Å². The van der Waals surface area contributed by atoms with Gasteiger partial charge in [-0.3, -0.25) is 19.3 Å². The number of rotatable bonds is 4. The van der Waals surface area contributed by atoms with Crippen molar-refractivity contribution in [1.82, 2.24) is 9.80 Å². The van der Waals surface area contributed by atoms with Crippen molar-refractivity contribution in [3.05, 3.63) is 48.0 Å². The summed E-state index contributed by atoms with van der Waals surface area (Å²) in [5.41, 5.74) is 1.34. The van der Waals surface area contributed by atoms with Crippen LogP contribution >= 0.6 is 0 Å². The monoisotopic (exact) mass is 378 g/mol. The second kappa shape index (κ2) is 6.87. The number of carbonyl (C=O) groups excluding carboxylic acids is 3. The van der Waals surface area contributed by atoms with E-state index in [0.29, 0.717) is 19.0 Å². The molecule has 5 heteroatoms. The lowest BCUT2D eigenvalue weighted by Gasteiger charge is -2.33. The van der Waals surface area contributed by atoms with Gasteiger partial charge in [0.2, 0.25) is 17.7 Å². The van der Waals surface area contributed by atoms with Crippen LogP contribution in [0.1, 0.15) is 24.8 Å². The molecule has 0 aromatic heterocycles. The van der Waals surface area contributed by atoms with Crippen LogP contribution in [0.3, 0.4) is 0 Å². The molecule has 5 rings (SSSR count). The van der Waals surface area contributed by atoms with E-state index >= 15 is 0 Å². The maximum atomic E-state index is 12.8. The highest BCUT2D eigenvalue weighted by Crippen LogP contribution is 2.52. The van der Waals surface area contributed by atoms with E-state index in [4.69, 9.17) is 0 Å². The predicted molar refractivity (Wildman–Crippen MR) is 104 cm³/mol. The summed E-state index contributed by atoms with van der Waals surface area (Å²) in [4.78, 5) is 41.4. The molecule has 4 unspecified atom stereocenters. The lowest BCUT2D eigenvalue weighted by molar-refractivity contribution is -0.147. The summed E-state index contributed by atoms with van der Waals surface area (Å²) in [6.45, 7) is 1.35. The number of carbonyl (C=O) groups is 3. The Morgan fingerprint density at radius 3 is 2.14 bits per heavy atom. The van der Waals surface area contributed by atoms with Crippen LogP contribution in [0.4, 0.5) is 0 Å². The van der Waals surface area contributed by atoms with Gasteiger partial charge in [-0.2, -0.15) is 0 Å². The minimum Gasteiger partial charge on any atom is -0.341 e. The molecule has 3 fully saturated rings. The largest absolute Gasteiger partial charge is 0.341 e. The van der Waals surface area contributed by atoms with Gasteiger partial charge in [0, 0.05) is 13.1 Å². The van der Waals surface area contributed by atoms with Gasteiger partial charge in [0.1, 0.15) is 6.54 Å². The summed E-state index contributed by atoms with van der Waals surface area (Å²) in [5.74, 6) is 0.209. The van der Waals surface area contributed by atoms with Crippen molar-refractivity contribution in [3.63, 3.8) is 0 Å². The highest BCUT2D eigenvalue weighted by atomic mass is 16.2. The van der Waals surface area contributed by atoms with E-state index < -0.39 is 0 Å². The fourth-order valence-electron chi connectivity index (χ4n) is 5.69. The summed E-state index contributed by atoms with van der Waals surface area (Å²) in [6, 6.07) is 10.5. The molecule has 0 radical (unpaired) electrons. The first kappa shape index (κ1) is 17.7. The molecule has 1 saturated carbocycles. The van der Waals surface area contributed by atoms with Gasteiger partial charge < -0.3 is 4.90 Å². The van der Waals surface area contributed by atoms with Crippen molar-refractivity contribution < 1.29 is 14.4 Å². The molecule has 1 aromatic rings. The maximum Gasteiger partial charge on any atom is 0.242 e. The van der Waals surface area contributed by atoms with Gasteiger partial charge in [-0.1, -0.05) is 42.5 Å². The van der Waals surface area contributed by atoms with Crippen LogP contribution < -0.4 is 0 Å². The first-order chi connectivity index (χ1) is 13.6. The molecule has 2 bridgehead atoms. The Balaban J connectivity index is 1.16. The van der Waals surface area contributed by atoms with Gasteiger partial charge in [-0.05, 0) is 49.0 Å². The minimum atomic E-state index is -0.216. The number of allylic oxidation sites excluding steroid dienone is 2. The van der Waals surface area contributed by atoms with E-state index in [9.17, 15) is 14.4 Å². The Bertz CT molecular complexity index is 796. The zero-order valence-electron chi connectivity index (χ0n) is 16.0. The third-order valence-corrected chi connectivity index (χ3v) is 7.19. The highest BCUT2D eigenvalue weighted by molar-refractivity contribution is 6.08. The maximum absolute atomic E-state index is 12.8. The van der Waals surface area contributed by atoms with Crippen LogP contribution in [0.2, 0.25) is 0 Å². The van der Waals surface area contributed by atoms with Crippen molar-refractivity contribution in [2.75, 3.05) is 19.6 Å². The number of imide groups is 1. The SMILES string of the molecule is O=C(CN1C(=O)C2C3C=CC(C3)C2C1=O)N1CCC(Cc2ccccc2)CC1. The quantitative estimate of drug-likeness (QED) is 0.597. The molecule has 4 atom stereocenters. The predicted octanol–water partition coefficient (Wildman–Crippen LogP) is 2.27. The van der Waals surface area contributed by atoms with E-state index in [1.165, 1.54) is 10.5 Å². The van der Waals surface area contributed by atoms with Crippen LogP contribution in [0, 0.1) is 29.6 Å². The highest BCUT2D eigenvalue weighted by Gasteiger charge is 2.59. The Morgan fingerprint density at radius 2 is 1.54 bits per heavy atom. The molecule has 2 aliphatic carbocycles. The zero-order chi connectivity index (χ0) is 19.3. The molecule has 2 aliphatic heterocycles. The van der Waals surface area contributed by atoms with E-state index in [1.54, 1.807) is 0 Å². The second-order valence-corrected chi connectivity index (χ2v) is 8.78. The Hall–Kier alpha value is -2.43. The third-order valence-electron chi connectivity index (χ3n) is 7.19. The number of hydrogen-bond donors (Lipinski definition) is 0. The summed E-state index contributed by atoms with van der Waals surface area (Å²) >= 11 is 0. The molecule has 0 spiro atoms. The number of amides is 3. The Kier molecular flexibility index (Phi) is 4.33. The number of benzene rings is 1. The molecule has 0 N–H and O–H groups in total. The van der Waals surface area contributed by atoms with E-state index in [1.807, 2.05) is 11.0 Å². The van der Waals surface area contributed by atoms with Gasteiger partial charge in [-0.15, -0.1) is 0 Å². The smallest absolute Gasteiger partial charge is 0.242 e. The van der Waals surface area contributed by atoms with Crippen molar-refractivity contribution in [3.8, 4) is 0 Å². The van der Waals surface area contributed by atoms with Crippen molar-refractivity contribution in [2.45, 2.75) is 25.7 Å². The molecule has 1 aromatic carbocycles. The van der Waals surface area contributed by atoms with E-state index in [2.05, 4.69) is 36.4 Å². The number of likely N-dealkylation sites (tertiary alicyclic amines) is 2. The topological polar surface area (TPSA) is 57.7 Å². The molecule has 146 valence electrons. The normalized spacial score (nSPS) is 31.7. The number of nitrogens with zero attached hydrogens (tertiary/aromatic N) is 2. The van der Waals surface area contributed by atoms with Crippen molar-refractivity contribution in [2.24, 2.45) is 29.6 Å². The lowest BCUT2D eigenvalue weighted by atomic mass is 9.85. The van der Waals surface area contributed by atoms with Crippen LogP contribution in [0.25, 0.3) is 0 Å². The van der Waals surface area contributed by atoms with Crippen LogP contribution in [-0.2, 0) is 20.8 Å². The van der Waals surface area contributed by atoms with Crippen LogP contribution in [0.5, 0.6) is 0 Å². The molecular formula is C23H26N2O3. The molecule has 2 saturated heterocycles. The first-order valence-electron chi connectivity index (χ1n) is 10.5. The van der Waals surface area contributed by atoms with Crippen molar-refractivity contribution >= 4 is 17.7 Å². The number of fused-ring (bicyclic) bond motifs is 5. The second-order valence-electron chi connectivity index (χ2n) is 8.78. The average molecular weight is 378 g/mol.